The van der Waals surface area contributed by atoms with E-state index in [1.54, 1.807) is 5.57 Å². The van der Waals surface area contributed by atoms with Crippen molar-refractivity contribution in [3.8, 4) is 0 Å². The molecule has 0 spiro atoms. The van der Waals surface area contributed by atoms with Crippen LogP contribution >= 0.6 is 0 Å². The Bertz CT molecular complexity index is 610. The first-order chi connectivity index (χ1) is 13.3. The highest BCUT2D eigenvalue weighted by Crippen LogP contribution is 2.59. The molecule has 0 bridgehead atoms. The van der Waals surface area contributed by atoms with Gasteiger partial charge in [0.25, 0.3) is 0 Å². The summed E-state index contributed by atoms with van der Waals surface area (Å²) in [7, 11) is 0. The molecule has 1 nitrogen and oxygen atoms in total. The third-order valence-electron chi connectivity index (χ3n) is 8.35. The van der Waals surface area contributed by atoms with Crippen LogP contribution in [0, 0.1) is 29.1 Å². The van der Waals surface area contributed by atoms with E-state index in [1.165, 1.54) is 62.5 Å². The molecule has 0 amide bonds. The molecule has 3 rings (SSSR count). The molecule has 2 unspecified atom stereocenters. The van der Waals surface area contributed by atoms with Gasteiger partial charge < -0.3 is 5.11 Å². The van der Waals surface area contributed by atoms with Gasteiger partial charge in [-0.15, -0.1) is 0 Å². The van der Waals surface area contributed by atoms with E-state index in [1.807, 2.05) is 0 Å². The second-order valence-electron chi connectivity index (χ2n) is 10.8. The lowest BCUT2D eigenvalue weighted by molar-refractivity contribution is 0.0929. The molecule has 1 N–H and O–H groups in total. The number of hydrogen-bond donors (Lipinski definition) is 1. The molecule has 0 aromatic heterocycles. The third-order valence-corrected chi connectivity index (χ3v) is 8.35. The first kappa shape index (κ1) is 21.9. The maximum Gasteiger partial charge on any atom is 0.0583 e. The molecule has 0 aromatic carbocycles. The van der Waals surface area contributed by atoms with E-state index in [0.29, 0.717) is 5.41 Å². The Kier molecular flexibility index (Phi) is 7.29. The van der Waals surface area contributed by atoms with Gasteiger partial charge in [-0.25, -0.2) is 0 Å². The van der Waals surface area contributed by atoms with Crippen LogP contribution in [0.25, 0.3) is 0 Å². The normalized spacial score (nSPS) is 37.6. The van der Waals surface area contributed by atoms with Gasteiger partial charge in [-0.05, 0) is 86.0 Å². The lowest BCUT2D eigenvalue weighted by Crippen LogP contribution is -2.36. The standard InChI is InChI=1S/C27H44O/c1-19(2)8-6-9-21(4)25-15-16-26-22(10-7-17-27(25,26)5)12-13-23-18-24(28)14-11-20(23)3/h12-13,19,21,24-26,28H,3,6-11,14-18H2,1-2,4-5H3/b22-12+,23-13-/t21-,24?,25-,26+,27?/m1/s1. The molecule has 0 aromatic rings. The summed E-state index contributed by atoms with van der Waals surface area (Å²) >= 11 is 0. The molecule has 28 heavy (non-hydrogen) atoms. The van der Waals surface area contributed by atoms with Crippen LogP contribution in [0.15, 0.2) is 35.5 Å². The Balaban J connectivity index is 1.70. The van der Waals surface area contributed by atoms with E-state index in [2.05, 4.69) is 46.4 Å². The molecule has 5 atom stereocenters. The molecule has 158 valence electrons. The summed E-state index contributed by atoms with van der Waals surface area (Å²) < 4.78 is 0. The van der Waals surface area contributed by atoms with Crippen molar-refractivity contribution >= 4 is 0 Å². The predicted molar refractivity (Wildman–Crippen MR) is 121 cm³/mol. The second-order valence-corrected chi connectivity index (χ2v) is 10.8. The minimum absolute atomic E-state index is 0.172. The number of allylic oxidation sites excluding steroid dienone is 4. The topological polar surface area (TPSA) is 20.2 Å². The molecule has 3 fully saturated rings. The molecule has 0 radical (unpaired) electrons. The van der Waals surface area contributed by atoms with Gasteiger partial charge in [0.2, 0.25) is 0 Å². The van der Waals surface area contributed by atoms with Crippen LogP contribution < -0.4 is 0 Å². The van der Waals surface area contributed by atoms with Crippen LogP contribution in [-0.4, -0.2) is 11.2 Å². The fraction of sp³-hybridized carbons (Fsp3) is 0.778. The maximum absolute atomic E-state index is 10.0. The zero-order valence-electron chi connectivity index (χ0n) is 19.0. The minimum Gasteiger partial charge on any atom is -0.393 e. The zero-order chi connectivity index (χ0) is 20.3. The molecule has 0 saturated heterocycles. The van der Waals surface area contributed by atoms with Gasteiger partial charge in [0.15, 0.2) is 0 Å². The molecule has 0 heterocycles. The summed E-state index contributed by atoms with van der Waals surface area (Å²) in [4.78, 5) is 0. The Morgan fingerprint density at radius 3 is 2.64 bits per heavy atom. The van der Waals surface area contributed by atoms with Crippen molar-refractivity contribution in [3.63, 3.8) is 0 Å². The Morgan fingerprint density at radius 2 is 1.89 bits per heavy atom. The zero-order valence-corrected chi connectivity index (χ0v) is 19.0. The van der Waals surface area contributed by atoms with E-state index >= 15 is 0 Å². The predicted octanol–water partition coefficient (Wildman–Crippen LogP) is 7.62. The van der Waals surface area contributed by atoms with Crippen LogP contribution in [0.4, 0.5) is 0 Å². The average molecular weight is 385 g/mol. The fourth-order valence-electron chi connectivity index (χ4n) is 6.66. The van der Waals surface area contributed by atoms with Crippen molar-refractivity contribution in [2.45, 2.75) is 104 Å². The van der Waals surface area contributed by atoms with Gasteiger partial charge in [0.1, 0.15) is 0 Å². The monoisotopic (exact) mass is 384 g/mol. The van der Waals surface area contributed by atoms with Gasteiger partial charge >= 0.3 is 0 Å². The van der Waals surface area contributed by atoms with Crippen molar-refractivity contribution in [2.24, 2.45) is 29.1 Å². The summed E-state index contributed by atoms with van der Waals surface area (Å²) in [5, 5.41) is 10.0. The number of rotatable bonds is 6. The molecular weight excluding hydrogens is 340 g/mol. The maximum atomic E-state index is 10.0. The Morgan fingerprint density at radius 1 is 1.11 bits per heavy atom. The van der Waals surface area contributed by atoms with Crippen LogP contribution in [-0.2, 0) is 0 Å². The molecule has 0 aliphatic heterocycles. The average Bonchev–Trinajstić information content (AvgIpc) is 2.99. The van der Waals surface area contributed by atoms with Crippen LogP contribution in [0.1, 0.15) is 98.3 Å². The van der Waals surface area contributed by atoms with Gasteiger partial charge in [0, 0.05) is 0 Å². The number of aliphatic hydroxyl groups is 1. The van der Waals surface area contributed by atoms with Gasteiger partial charge in [-0.1, -0.05) is 76.8 Å². The van der Waals surface area contributed by atoms with E-state index < -0.39 is 0 Å². The van der Waals surface area contributed by atoms with Crippen LogP contribution in [0.3, 0.4) is 0 Å². The molecular formula is C27H44O. The largest absolute Gasteiger partial charge is 0.393 e. The molecule has 3 aliphatic carbocycles. The summed E-state index contributed by atoms with van der Waals surface area (Å²) in [6, 6.07) is 0. The van der Waals surface area contributed by atoms with Crippen molar-refractivity contribution in [3.05, 3.63) is 35.5 Å². The number of hydrogen-bond acceptors (Lipinski definition) is 1. The fourth-order valence-corrected chi connectivity index (χ4v) is 6.66. The van der Waals surface area contributed by atoms with Gasteiger partial charge in [-0.3, -0.25) is 0 Å². The lowest BCUT2D eigenvalue weighted by atomic mass is 9.60. The smallest absolute Gasteiger partial charge is 0.0583 e. The first-order valence-corrected chi connectivity index (χ1v) is 12.1. The van der Waals surface area contributed by atoms with Crippen molar-refractivity contribution < 1.29 is 5.11 Å². The molecule has 3 aliphatic rings. The highest BCUT2D eigenvalue weighted by molar-refractivity contribution is 5.36. The van der Waals surface area contributed by atoms with Gasteiger partial charge in [-0.2, -0.15) is 0 Å². The van der Waals surface area contributed by atoms with Gasteiger partial charge in [0.05, 0.1) is 6.10 Å². The highest BCUT2D eigenvalue weighted by Gasteiger charge is 2.50. The van der Waals surface area contributed by atoms with Crippen molar-refractivity contribution in [2.75, 3.05) is 0 Å². The van der Waals surface area contributed by atoms with E-state index in [-0.39, 0.29) is 6.10 Å². The van der Waals surface area contributed by atoms with Crippen molar-refractivity contribution in [1.82, 2.24) is 0 Å². The minimum atomic E-state index is -0.172. The third kappa shape index (κ3) is 4.84. The number of aliphatic hydroxyl groups excluding tert-OH is 1. The van der Waals surface area contributed by atoms with Crippen molar-refractivity contribution in [1.29, 1.82) is 0 Å². The SMILES string of the molecule is C=C1CCC(O)C/C1=C/C=C1\CCCC2(C)[C@@H]([C@H](C)CCCC(C)C)CC[C@@H]12. The quantitative estimate of drug-likeness (QED) is 0.499. The van der Waals surface area contributed by atoms with E-state index in [9.17, 15) is 5.11 Å². The molecule has 1 heteroatoms. The Hall–Kier alpha value is -0.820. The highest BCUT2D eigenvalue weighted by atomic mass is 16.3. The second kappa shape index (κ2) is 9.33. The summed E-state index contributed by atoms with van der Waals surface area (Å²) in [6.07, 6.45) is 18.2. The number of fused-ring (bicyclic) bond motifs is 1. The lowest BCUT2D eigenvalue weighted by Gasteiger charge is -2.44. The van der Waals surface area contributed by atoms with E-state index in [0.717, 1.165) is 42.9 Å². The first-order valence-electron chi connectivity index (χ1n) is 12.1. The van der Waals surface area contributed by atoms with Crippen LogP contribution in [0.2, 0.25) is 0 Å². The Labute approximate surface area is 174 Å². The molecule has 3 saturated carbocycles. The summed E-state index contributed by atoms with van der Waals surface area (Å²) in [5.41, 5.74) is 4.72. The summed E-state index contributed by atoms with van der Waals surface area (Å²) in [6.45, 7) is 14.1. The summed E-state index contributed by atoms with van der Waals surface area (Å²) in [5.74, 6) is 3.37. The van der Waals surface area contributed by atoms with Crippen LogP contribution in [0.5, 0.6) is 0 Å². The van der Waals surface area contributed by atoms with E-state index in [4.69, 9.17) is 0 Å².